The van der Waals surface area contributed by atoms with Gasteiger partial charge in [0.2, 0.25) is 0 Å². The number of rotatable bonds is 5. The highest BCUT2D eigenvalue weighted by atomic mass is 16.7. The van der Waals surface area contributed by atoms with Gasteiger partial charge in [-0.3, -0.25) is 5.32 Å². The minimum absolute atomic E-state index is 0.261. The van der Waals surface area contributed by atoms with Gasteiger partial charge in [0.1, 0.15) is 5.66 Å². The van der Waals surface area contributed by atoms with E-state index in [1.807, 2.05) is 11.1 Å². The summed E-state index contributed by atoms with van der Waals surface area (Å²) >= 11 is 0. The molecule has 1 heterocycles. The SMILES string of the molecule is CON1CCOCC1(NCc1ccccc1)C(C)C. The van der Waals surface area contributed by atoms with Gasteiger partial charge in [-0.25, -0.2) is 0 Å². The smallest absolute Gasteiger partial charge is 0.121 e. The van der Waals surface area contributed by atoms with Crippen LogP contribution in [-0.4, -0.2) is 37.6 Å². The molecule has 2 rings (SSSR count). The number of hydrogen-bond acceptors (Lipinski definition) is 4. The van der Waals surface area contributed by atoms with E-state index in [1.165, 1.54) is 5.56 Å². The third-order valence-electron chi connectivity index (χ3n) is 3.82. The molecule has 0 bridgehead atoms. The second-order valence-corrected chi connectivity index (χ2v) is 5.26. The predicted molar refractivity (Wildman–Crippen MR) is 75.4 cm³/mol. The third-order valence-corrected chi connectivity index (χ3v) is 3.82. The van der Waals surface area contributed by atoms with Crippen molar-refractivity contribution in [3.63, 3.8) is 0 Å². The number of hydrogen-bond donors (Lipinski definition) is 1. The molecule has 4 nitrogen and oxygen atoms in total. The van der Waals surface area contributed by atoms with Crippen LogP contribution in [0.15, 0.2) is 30.3 Å². The molecule has 1 aromatic carbocycles. The van der Waals surface area contributed by atoms with Gasteiger partial charge in [0.05, 0.1) is 20.3 Å². The van der Waals surface area contributed by atoms with Crippen molar-refractivity contribution in [1.82, 2.24) is 10.4 Å². The summed E-state index contributed by atoms with van der Waals surface area (Å²) in [6, 6.07) is 10.4. The lowest BCUT2D eigenvalue weighted by Gasteiger charge is -2.48. The maximum absolute atomic E-state index is 5.68. The maximum atomic E-state index is 5.68. The highest BCUT2D eigenvalue weighted by Crippen LogP contribution is 2.26. The summed E-state index contributed by atoms with van der Waals surface area (Å²) in [4.78, 5) is 5.55. The van der Waals surface area contributed by atoms with E-state index in [2.05, 4.69) is 43.4 Å². The van der Waals surface area contributed by atoms with Crippen molar-refractivity contribution < 1.29 is 9.57 Å². The van der Waals surface area contributed by atoms with E-state index in [1.54, 1.807) is 7.11 Å². The Labute approximate surface area is 115 Å². The summed E-state index contributed by atoms with van der Waals surface area (Å²) in [5.41, 5.74) is 1.01. The molecule has 1 unspecified atom stereocenters. The molecule has 0 radical (unpaired) electrons. The van der Waals surface area contributed by atoms with Crippen LogP contribution in [0.25, 0.3) is 0 Å². The van der Waals surface area contributed by atoms with Gasteiger partial charge in [-0.2, -0.15) is 5.06 Å². The van der Waals surface area contributed by atoms with E-state index < -0.39 is 0 Å². The number of morpholine rings is 1. The molecular weight excluding hydrogens is 240 g/mol. The van der Waals surface area contributed by atoms with Crippen molar-refractivity contribution >= 4 is 0 Å². The van der Waals surface area contributed by atoms with Crippen LogP contribution in [0.2, 0.25) is 0 Å². The van der Waals surface area contributed by atoms with Crippen molar-refractivity contribution in [3.05, 3.63) is 35.9 Å². The van der Waals surface area contributed by atoms with Gasteiger partial charge < -0.3 is 9.57 Å². The zero-order valence-electron chi connectivity index (χ0n) is 12.1. The molecule has 106 valence electrons. The largest absolute Gasteiger partial charge is 0.377 e. The summed E-state index contributed by atoms with van der Waals surface area (Å²) in [7, 11) is 1.73. The van der Waals surface area contributed by atoms with Crippen LogP contribution in [0.1, 0.15) is 19.4 Å². The van der Waals surface area contributed by atoms with Gasteiger partial charge in [-0.15, -0.1) is 0 Å². The molecule has 1 atom stereocenters. The van der Waals surface area contributed by atoms with E-state index in [4.69, 9.17) is 9.57 Å². The second kappa shape index (κ2) is 6.48. The molecule has 0 aliphatic carbocycles. The molecule has 1 aliphatic rings. The molecule has 0 aromatic heterocycles. The van der Waals surface area contributed by atoms with Gasteiger partial charge in [-0.05, 0) is 11.5 Å². The number of benzene rings is 1. The number of hydroxylamine groups is 2. The van der Waals surface area contributed by atoms with Crippen molar-refractivity contribution in [2.24, 2.45) is 5.92 Å². The topological polar surface area (TPSA) is 33.7 Å². The van der Waals surface area contributed by atoms with Crippen LogP contribution >= 0.6 is 0 Å². The molecule has 0 amide bonds. The summed E-state index contributed by atoms with van der Waals surface area (Å²) in [5.74, 6) is 0.386. The molecule has 1 N–H and O–H groups in total. The first-order valence-electron chi connectivity index (χ1n) is 6.87. The Balaban J connectivity index is 2.10. The summed E-state index contributed by atoms with van der Waals surface area (Å²) in [6.45, 7) is 7.34. The number of ether oxygens (including phenoxy) is 1. The Morgan fingerprint density at radius 2 is 2.11 bits per heavy atom. The standard InChI is InChI=1S/C15H24N2O2/c1-13(2)15(12-19-10-9-17(15)18-3)16-11-14-7-5-4-6-8-14/h4-8,13,16H,9-12H2,1-3H3. The van der Waals surface area contributed by atoms with Gasteiger partial charge in [0.15, 0.2) is 0 Å². The van der Waals surface area contributed by atoms with Crippen molar-refractivity contribution in [1.29, 1.82) is 0 Å². The molecule has 1 aliphatic heterocycles. The Kier molecular flexibility index (Phi) is 4.93. The minimum Gasteiger partial charge on any atom is -0.377 e. The molecule has 0 spiro atoms. The first-order valence-corrected chi connectivity index (χ1v) is 6.87. The second-order valence-electron chi connectivity index (χ2n) is 5.26. The van der Waals surface area contributed by atoms with Crippen LogP contribution < -0.4 is 5.32 Å². The van der Waals surface area contributed by atoms with Gasteiger partial charge in [-0.1, -0.05) is 44.2 Å². The summed E-state index contributed by atoms with van der Waals surface area (Å²) in [5, 5.41) is 5.65. The first kappa shape index (κ1) is 14.5. The maximum Gasteiger partial charge on any atom is 0.121 e. The van der Waals surface area contributed by atoms with E-state index in [9.17, 15) is 0 Å². The van der Waals surface area contributed by atoms with Gasteiger partial charge in [0, 0.05) is 13.1 Å². The van der Waals surface area contributed by atoms with Crippen molar-refractivity contribution in [3.8, 4) is 0 Å². The Morgan fingerprint density at radius 1 is 1.37 bits per heavy atom. The monoisotopic (exact) mass is 264 g/mol. The summed E-state index contributed by atoms with van der Waals surface area (Å²) < 4.78 is 5.68. The Bertz CT molecular complexity index is 383. The van der Waals surface area contributed by atoms with Crippen LogP contribution in [0, 0.1) is 5.92 Å². The van der Waals surface area contributed by atoms with Crippen molar-refractivity contribution in [2.45, 2.75) is 26.1 Å². The zero-order chi connectivity index (χ0) is 13.7. The molecular formula is C15H24N2O2. The van der Waals surface area contributed by atoms with Crippen LogP contribution in [-0.2, 0) is 16.1 Å². The molecule has 1 fully saturated rings. The Hall–Kier alpha value is -0.940. The van der Waals surface area contributed by atoms with Gasteiger partial charge in [0.25, 0.3) is 0 Å². The fourth-order valence-corrected chi connectivity index (χ4v) is 2.55. The average molecular weight is 264 g/mol. The zero-order valence-corrected chi connectivity index (χ0v) is 12.1. The Morgan fingerprint density at radius 3 is 2.74 bits per heavy atom. The first-order chi connectivity index (χ1) is 9.19. The molecule has 1 aromatic rings. The molecule has 0 saturated carbocycles. The molecule has 1 saturated heterocycles. The highest BCUT2D eigenvalue weighted by Gasteiger charge is 2.42. The fraction of sp³-hybridized carbons (Fsp3) is 0.600. The van der Waals surface area contributed by atoms with E-state index in [-0.39, 0.29) is 5.66 Å². The number of nitrogens with zero attached hydrogens (tertiary/aromatic N) is 1. The molecule has 4 heteroatoms. The van der Waals surface area contributed by atoms with Gasteiger partial charge >= 0.3 is 0 Å². The molecule has 19 heavy (non-hydrogen) atoms. The summed E-state index contributed by atoms with van der Waals surface area (Å²) in [6.07, 6.45) is 0. The van der Waals surface area contributed by atoms with Crippen molar-refractivity contribution in [2.75, 3.05) is 26.9 Å². The normalized spacial score (nSPS) is 24.8. The lowest BCUT2D eigenvalue weighted by Crippen LogP contribution is -2.67. The van der Waals surface area contributed by atoms with Crippen LogP contribution in [0.3, 0.4) is 0 Å². The highest BCUT2D eigenvalue weighted by molar-refractivity contribution is 5.14. The van der Waals surface area contributed by atoms with E-state index in [0.717, 1.165) is 19.7 Å². The quantitative estimate of drug-likeness (QED) is 0.882. The average Bonchev–Trinajstić information content (AvgIpc) is 2.46. The van der Waals surface area contributed by atoms with Crippen LogP contribution in [0.5, 0.6) is 0 Å². The number of nitrogens with one attached hydrogen (secondary N) is 1. The lowest BCUT2D eigenvalue weighted by molar-refractivity contribution is -0.272. The predicted octanol–water partition coefficient (Wildman–Crippen LogP) is 2.02. The minimum atomic E-state index is -0.261. The fourth-order valence-electron chi connectivity index (χ4n) is 2.55. The third kappa shape index (κ3) is 3.15. The van der Waals surface area contributed by atoms with E-state index >= 15 is 0 Å². The van der Waals surface area contributed by atoms with Crippen LogP contribution in [0.4, 0.5) is 0 Å². The lowest BCUT2D eigenvalue weighted by atomic mass is 9.94. The van der Waals surface area contributed by atoms with E-state index in [0.29, 0.717) is 12.5 Å².